The van der Waals surface area contributed by atoms with E-state index in [1.165, 1.54) is 16.8 Å². The zero-order chi connectivity index (χ0) is 18.7. The number of anilines is 1. The number of benzene rings is 1. The standard InChI is InChI=1S/C19H20FN5O/c1-19(2,3)18(26)25-17(21-12-13-6-8-14(20)9-7-13)11-16(24-25)15-5-4-10-22-23-15/h4-11,21H,12H2,1-3H3. The number of halogens is 1. The average Bonchev–Trinajstić information content (AvgIpc) is 3.04. The van der Waals surface area contributed by atoms with Crippen LogP contribution in [-0.4, -0.2) is 25.9 Å². The van der Waals surface area contributed by atoms with Crippen LogP contribution in [0.4, 0.5) is 10.2 Å². The Kier molecular flexibility index (Phi) is 4.79. The molecule has 0 atom stereocenters. The molecule has 0 aliphatic rings. The molecule has 0 radical (unpaired) electrons. The third-order valence-electron chi connectivity index (χ3n) is 3.76. The molecule has 26 heavy (non-hydrogen) atoms. The smallest absolute Gasteiger partial charge is 0.254 e. The third kappa shape index (κ3) is 3.93. The SMILES string of the molecule is CC(C)(C)C(=O)n1nc(-c2cccnn2)cc1NCc1ccc(F)cc1. The minimum absolute atomic E-state index is 0.144. The van der Waals surface area contributed by atoms with Crippen LogP contribution in [-0.2, 0) is 6.54 Å². The molecule has 0 unspecified atom stereocenters. The van der Waals surface area contributed by atoms with Gasteiger partial charge in [-0.1, -0.05) is 32.9 Å². The molecule has 0 aliphatic heterocycles. The van der Waals surface area contributed by atoms with Gasteiger partial charge in [-0.15, -0.1) is 5.10 Å². The van der Waals surface area contributed by atoms with Gasteiger partial charge in [-0.05, 0) is 29.8 Å². The fourth-order valence-corrected chi connectivity index (χ4v) is 2.34. The molecule has 3 aromatic rings. The number of rotatable bonds is 4. The summed E-state index contributed by atoms with van der Waals surface area (Å²) in [7, 11) is 0. The Morgan fingerprint density at radius 1 is 1.15 bits per heavy atom. The van der Waals surface area contributed by atoms with Gasteiger partial charge in [-0.3, -0.25) is 4.79 Å². The fraction of sp³-hybridized carbons (Fsp3) is 0.263. The summed E-state index contributed by atoms with van der Waals surface area (Å²) in [5.74, 6) is 0.121. The van der Waals surface area contributed by atoms with Crippen LogP contribution in [0.5, 0.6) is 0 Å². The molecule has 2 aromatic heterocycles. The van der Waals surface area contributed by atoms with Gasteiger partial charge >= 0.3 is 0 Å². The van der Waals surface area contributed by atoms with E-state index in [0.717, 1.165) is 5.56 Å². The second kappa shape index (κ2) is 7.03. The van der Waals surface area contributed by atoms with Crippen LogP contribution in [0.25, 0.3) is 11.4 Å². The number of nitrogens with one attached hydrogen (secondary N) is 1. The summed E-state index contributed by atoms with van der Waals surface area (Å²) in [6.07, 6.45) is 1.58. The van der Waals surface area contributed by atoms with Crippen molar-refractivity contribution < 1.29 is 9.18 Å². The van der Waals surface area contributed by atoms with Crippen molar-refractivity contribution >= 4 is 11.7 Å². The molecule has 0 fully saturated rings. The highest BCUT2D eigenvalue weighted by molar-refractivity contribution is 5.87. The Labute approximate surface area is 151 Å². The Bertz CT molecular complexity index is 898. The summed E-state index contributed by atoms with van der Waals surface area (Å²) in [6, 6.07) is 11.5. The lowest BCUT2D eigenvalue weighted by Gasteiger charge is -2.18. The largest absolute Gasteiger partial charge is 0.366 e. The van der Waals surface area contributed by atoms with Gasteiger partial charge in [0.2, 0.25) is 0 Å². The number of aromatic nitrogens is 4. The van der Waals surface area contributed by atoms with Crippen LogP contribution in [0.15, 0.2) is 48.7 Å². The molecule has 7 heteroatoms. The predicted molar refractivity (Wildman–Crippen MR) is 97.1 cm³/mol. The zero-order valence-electron chi connectivity index (χ0n) is 14.9. The molecule has 0 amide bonds. The minimum Gasteiger partial charge on any atom is -0.366 e. The number of hydrogen-bond donors (Lipinski definition) is 1. The topological polar surface area (TPSA) is 72.7 Å². The first kappa shape index (κ1) is 17.7. The molecule has 0 spiro atoms. The molecule has 0 saturated carbocycles. The van der Waals surface area contributed by atoms with Crippen molar-refractivity contribution in [1.82, 2.24) is 20.0 Å². The summed E-state index contributed by atoms with van der Waals surface area (Å²) >= 11 is 0. The van der Waals surface area contributed by atoms with Crippen LogP contribution in [0.3, 0.4) is 0 Å². The van der Waals surface area contributed by atoms with Crippen LogP contribution >= 0.6 is 0 Å². The Balaban J connectivity index is 1.92. The normalized spacial score (nSPS) is 11.4. The third-order valence-corrected chi connectivity index (χ3v) is 3.76. The highest BCUT2D eigenvalue weighted by Crippen LogP contribution is 2.24. The van der Waals surface area contributed by atoms with Crippen LogP contribution in [0.1, 0.15) is 31.1 Å². The van der Waals surface area contributed by atoms with E-state index in [1.54, 1.807) is 36.5 Å². The van der Waals surface area contributed by atoms with Crippen molar-refractivity contribution in [3.05, 3.63) is 60.0 Å². The maximum Gasteiger partial charge on any atom is 0.254 e. The highest BCUT2D eigenvalue weighted by Gasteiger charge is 2.27. The lowest BCUT2D eigenvalue weighted by molar-refractivity contribution is 0.0752. The maximum atomic E-state index is 13.1. The van der Waals surface area contributed by atoms with E-state index in [0.29, 0.717) is 23.8 Å². The van der Waals surface area contributed by atoms with Crippen molar-refractivity contribution in [2.75, 3.05) is 5.32 Å². The summed E-state index contributed by atoms with van der Waals surface area (Å²) in [4.78, 5) is 12.8. The van der Waals surface area contributed by atoms with Gasteiger partial charge < -0.3 is 5.32 Å². The zero-order valence-corrected chi connectivity index (χ0v) is 14.9. The van der Waals surface area contributed by atoms with E-state index in [4.69, 9.17) is 0 Å². The first-order valence-electron chi connectivity index (χ1n) is 8.26. The summed E-state index contributed by atoms with van der Waals surface area (Å²) < 4.78 is 14.4. The molecule has 1 N–H and O–H groups in total. The second-order valence-corrected chi connectivity index (χ2v) is 6.97. The number of carbonyl (C=O) groups excluding carboxylic acids is 1. The number of carbonyl (C=O) groups is 1. The quantitative estimate of drug-likeness (QED) is 0.773. The molecule has 3 rings (SSSR count). The molecular formula is C19H20FN5O. The van der Waals surface area contributed by atoms with Crippen molar-refractivity contribution in [3.8, 4) is 11.4 Å². The van der Waals surface area contributed by atoms with Crippen molar-refractivity contribution in [3.63, 3.8) is 0 Å². The van der Waals surface area contributed by atoms with E-state index in [9.17, 15) is 9.18 Å². The predicted octanol–water partition coefficient (Wildman–Crippen LogP) is 3.78. The van der Waals surface area contributed by atoms with Gasteiger partial charge in [-0.2, -0.15) is 14.9 Å². The number of hydrogen-bond acceptors (Lipinski definition) is 5. The molecule has 1 aromatic carbocycles. The Morgan fingerprint density at radius 3 is 2.50 bits per heavy atom. The lowest BCUT2D eigenvalue weighted by atomic mass is 9.96. The molecule has 134 valence electrons. The highest BCUT2D eigenvalue weighted by atomic mass is 19.1. The van der Waals surface area contributed by atoms with E-state index >= 15 is 0 Å². The molecule has 2 heterocycles. The van der Waals surface area contributed by atoms with Crippen molar-refractivity contribution in [2.24, 2.45) is 5.41 Å². The maximum absolute atomic E-state index is 13.1. The van der Waals surface area contributed by atoms with Crippen LogP contribution < -0.4 is 5.32 Å². The molecule has 0 bridgehead atoms. The van der Waals surface area contributed by atoms with Crippen LogP contribution in [0.2, 0.25) is 0 Å². The molecule has 0 aliphatic carbocycles. The summed E-state index contributed by atoms with van der Waals surface area (Å²) in [5, 5.41) is 15.5. The van der Waals surface area contributed by atoms with Gasteiger partial charge in [0.1, 0.15) is 23.0 Å². The van der Waals surface area contributed by atoms with Gasteiger partial charge in [0.25, 0.3) is 5.91 Å². The summed E-state index contributed by atoms with van der Waals surface area (Å²) in [5.41, 5.74) is 1.43. The van der Waals surface area contributed by atoms with Crippen molar-refractivity contribution in [2.45, 2.75) is 27.3 Å². The van der Waals surface area contributed by atoms with E-state index < -0.39 is 5.41 Å². The van der Waals surface area contributed by atoms with E-state index in [2.05, 4.69) is 20.6 Å². The minimum atomic E-state index is -0.599. The average molecular weight is 353 g/mol. The Hall–Kier alpha value is -3.09. The summed E-state index contributed by atoms with van der Waals surface area (Å²) in [6.45, 7) is 5.94. The monoisotopic (exact) mass is 353 g/mol. The van der Waals surface area contributed by atoms with E-state index in [-0.39, 0.29) is 11.7 Å². The number of nitrogens with zero attached hydrogens (tertiary/aromatic N) is 4. The molecule has 0 saturated heterocycles. The van der Waals surface area contributed by atoms with Gasteiger partial charge in [0, 0.05) is 24.2 Å². The van der Waals surface area contributed by atoms with Gasteiger partial charge in [0.15, 0.2) is 0 Å². The second-order valence-electron chi connectivity index (χ2n) is 6.97. The first-order chi connectivity index (χ1) is 12.3. The Morgan fingerprint density at radius 2 is 1.88 bits per heavy atom. The van der Waals surface area contributed by atoms with Crippen LogP contribution in [0, 0.1) is 11.2 Å². The fourth-order valence-electron chi connectivity index (χ4n) is 2.34. The van der Waals surface area contributed by atoms with Gasteiger partial charge in [-0.25, -0.2) is 4.39 Å². The molecular weight excluding hydrogens is 333 g/mol. The molecule has 6 nitrogen and oxygen atoms in total. The van der Waals surface area contributed by atoms with Crippen molar-refractivity contribution in [1.29, 1.82) is 0 Å². The lowest BCUT2D eigenvalue weighted by Crippen LogP contribution is -2.28. The van der Waals surface area contributed by atoms with E-state index in [1.807, 2.05) is 20.8 Å². The first-order valence-corrected chi connectivity index (χ1v) is 8.26. The van der Waals surface area contributed by atoms with Gasteiger partial charge in [0.05, 0.1) is 0 Å².